The molecule has 0 spiro atoms. The number of rotatable bonds is 4. The highest BCUT2D eigenvalue weighted by Gasteiger charge is 2.33. The van der Waals surface area contributed by atoms with E-state index in [0.29, 0.717) is 13.6 Å². The van der Waals surface area contributed by atoms with Crippen LogP contribution in [-0.2, 0) is 36.5 Å². The molecule has 0 aromatic heterocycles. The van der Waals surface area contributed by atoms with Gasteiger partial charge in [-0.1, -0.05) is 58.5 Å². The molecule has 0 amide bonds. The highest BCUT2D eigenvalue weighted by molar-refractivity contribution is 9.10. The van der Waals surface area contributed by atoms with E-state index >= 15 is 0 Å². The van der Waals surface area contributed by atoms with E-state index < -0.39 is 23.5 Å². The molecule has 13 heteroatoms. The van der Waals surface area contributed by atoms with Crippen molar-refractivity contribution in [2.24, 2.45) is 0 Å². The lowest BCUT2D eigenvalue weighted by Gasteiger charge is -2.27. The van der Waals surface area contributed by atoms with Crippen molar-refractivity contribution in [3.05, 3.63) is 43.3 Å². The van der Waals surface area contributed by atoms with Gasteiger partial charge in [-0.15, -0.1) is 0 Å². The first kappa shape index (κ1) is 39.1. The Labute approximate surface area is 305 Å². The van der Waals surface area contributed by atoms with Gasteiger partial charge in [0.25, 0.3) is 0 Å². The number of ether oxygens (including phenoxy) is 9. The molecule has 4 aliphatic heterocycles. The zero-order chi connectivity index (χ0) is 35.9. The Morgan fingerprint density at radius 1 is 0.694 bits per heavy atom. The maximum absolute atomic E-state index is 11.0. The first-order chi connectivity index (χ1) is 23.1. The fourth-order valence-corrected chi connectivity index (χ4v) is 6.94. The molecule has 272 valence electrons. The van der Waals surface area contributed by atoms with Gasteiger partial charge in [-0.2, -0.15) is 0 Å². The summed E-state index contributed by atoms with van der Waals surface area (Å²) in [5.74, 6) is 3.45. The predicted octanol–water partition coefficient (Wildman–Crippen LogP) is 10.1. The molecular weight excluding hydrogens is 768 g/mol. The third-order valence-electron chi connectivity index (χ3n) is 7.55. The summed E-state index contributed by atoms with van der Waals surface area (Å²) in [6, 6.07) is 4.02. The number of hydrogen-bond acceptors (Lipinski definition) is 11. The van der Waals surface area contributed by atoms with Crippen LogP contribution in [0, 0.1) is 0 Å². The molecule has 2 aromatic rings. The lowest BCUT2D eigenvalue weighted by atomic mass is 9.93. The third-order valence-corrected chi connectivity index (χ3v) is 8.96. The Kier molecular flexibility index (Phi) is 13.5. The molecule has 4 aliphatic rings. The minimum Gasteiger partial charge on any atom is -0.454 e. The van der Waals surface area contributed by atoms with Crippen LogP contribution >= 0.6 is 31.9 Å². The van der Waals surface area contributed by atoms with Gasteiger partial charge in [-0.05, 0) is 90.5 Å². The van der Waals surface area contributed by atoms with Crippen molar-refractivity contribution in [2.75, 3.05) is 26.8 Å². The molecule has 0 bridgehead atoms. The highest BCUT2D eigenvalue weighted by Crippen LogP contribution is 2.49. The molecule has 0 saturated carbocycles. The van der Waals surface area contributed by atoms with E-state index in [0.717, 1.165) is 83.7 Å². The molecule has 11 nitrogen and oxygen atoms in total. The van der Waals surface area contributed by atoms with Crippen molar-refractivity contribution in [3.63, 3.8) is 0 Å². The average molecular weight is 817 g/mol. The minimum absolute atomic E-state index is 0.150. The van der Waals surface area contributed by atoms with E-state index in [1.54, 1.807) is 41.5 Å². The summed E-state index contributed by atoms with van der Waals surface area (Å²) in [7, 11) is 0. The van der Waals surface area contributed by atoms with Crippen LogP contribution in [0.3, 0.4) is 0 Å². The Balaban J connectivity index is 0.000000166. The Morgan fingerprint density at radius 3 is 1.43 bits per heavy atom. The first-order valence-corrected chi connectivity index (χ1v) is 18.3. The summed E-state index contributed by atoms with van der Waals surface area (Å²) in [5.41, 5.74) is 3.64. The van der Waals surface area contributed by atoms with Gasteiger partial charge < -0.3 is 42.6 Å². The van der Waals surface area contributed by atoms with E-state index in [1.165, 1.54) is 22.3 Å². The monoisotopic (exact) mass is 814 g/mol. The predicted molar refractivity (Wildman–Crippen MR) is 189 cm³/mol. The summed E-state index contributed by atoms with van der Waals surface area (Å²) in [5, 5.41) is 0. The molecular formula is C36H48Br2O11. The van der Waals surface area contributed by atoms with Gasteiger partial charge in [-0.25, -0.2) is 9.59 Å². The standard InChI is InChI=1S/2C13H15BrO3.C10H18O5/c2*1-2-3-10-12-8(4-5-15-10)9(14)6-11-13(12)17-7-16-11;1-9(2,3)14-7(11)13-8(12)15-10(4,5)6/h2*6,10H,2-5,7H2,1H3;1-6H3. The van der Waals surface area contributed by atoms with Crippen LogP contribution in [-0.4, -0.2) is 50.3 Å². The SMILES string of the molecule is CC(C)(C)OC(=O)OC(=O)OC(C)(C)C.CCCC1OCCc2c(Br)cc3c(c21)OCO3.CCCC1OCCc2c(Br)cc3c(c21)OCO3. The van der Waals surface area contributed by atoms with E-state index in [2.05, 4.69) is 50.4 Å². The fraction of sp³-hybridized carbons (Fsp3) is 0.611. The van der Waals surface area contributed by atoms with Crippen molar-refractivity contribution >= 4 is 44.2 Å². The van der Waals surface area contributed by atoms with Crippen molar-refractivity contribution in [2.45, 2.75) is 117 Å². The van der Waals surface area contributed by atoms with Crippen molar-refractivity contribution in [1.29, 1.82) is 0 Å². The van der Waals surface area contributed by atoms with Crippen LogP contribution in [0.5, 0.6) is 23.0 Å². The van der Waals surface area contributed by atoms with Crippen LogP contribution in [0.25, 0.3) is 0 Å². The summed E-state index contributed by atoms with van der Waals surface area (Å²) < 4.78 is 49.9. The maximum atomic E-state index is 11.0. The van der Waals surface area contributed by atoms with Gasteiger partial charge in [0.15, 0.2) is 23.0 Å². The molecule has 0 fully saturated rings. The number of fused-ring (bicyclic) bond motifs is 6. The topological polar surface area (TPSA) is 117 Å². The molecule has 0 radical (unpaired) electrons. The number of carbonyl (C=O) groups is 2. The van der Waals surface area contributed by atoms with Crippen LogP contribution in [0.1, 0.15) is 116 Å². The lowest BCUT2D eigenvalue weighted by molar-refractivity contribution is -0.0294. The maximum Gasteiger partial charge on any atom is 0.519 e. The normalized spacial score (nSPS) is 18.5. The van der Waals surface area contributed by atoms with Gasteiger partial charge >= 0.3 is 12.3 Å². The number of carbonyl (C=O) groups excluding carboxylic acids is 2. The van der Waals surface area contributed by atoms with E-state index in [9.17, 15) is 9.59 Å². The van der Waals surface area contributed by atoms with Crippen LogP contribution in [0.15, 0.2) is 21.1 Å². The second-order valence-corrected chi connectivity index (χ2v) is 15.5. The minimum atomic E-state index is -1.06. The van der Waals surface area contributed by atoms with E-state index in [-0.39, 0.29) is 12.2 Å². The zero-order valence-electron chi connectivity index (χ0n) is 29.6. The smallest absolute Gasteiger partial charge is 0.454 e. The molecule has 0 aliphatic carbocycles. The zero-order valence-corrected chi connectivity index (χ0v) is 32.8. The van der Waals surface area contributed by atoms with E-state index in [4.69, 9.17) is 37.9 Å². The average Bonchev–Trinajstić information content (AvgIpc) is 3.66. The highest BCUT2D eigenvalue weighted by atomic mass is 79.9. The summed E-state index contributed by atoms with van der Waals surface area (Å²) in [6.07, 6.45) is 4.32. The number of halogens is 2. The van der Waals surface area contributed by atoms with Crippen molar-refractivity contribution in [3.8, 4) is 23.0 Å². The number of hydrogen-bond donors (Lipinski definition) is 0. The summed E-state index contributed by atoms with van der Waals surface area (Å²) >= 11 is 7.25. The Hall–Kier alpha value is -2.74. The molecule has 2 atom stereocenters. The molecule has 49 heavy (non-hydrogen) atoms. The van der Waals surface area contributed by atoms with E-state index in [1.807, 2.05) is 12.1 Å². The molecule has 6 rings (SSSR count). The second kappa shape index (κ2) is 17.0. The summed E-state index contributed by atoms with van der Waals surface area (Å²) in [4.78, 5) is 22.0. The van der Waals surface area contributed by atoms with Crippen LogP contribution in [0.2, 0.25) is 0 Å². The second-order valence-electron chi connectivity index (χ2n) is 13.8. The largest absolute Gasteiger partial charge is 0.519 e. The third kappa shape index (κ3) is 10.6. The first-order valence-electron chi connectivity index (χ1n) is 16.7. The molecule has 4 heterocycles. The van der Waals surface area contributed by atoms with Crippen LogP contribution in [0.4, 0.5) is 9.59 Å². The molecule has 2 unspecified atom stereocenters. The molecule has 2 aromatic carbocycles. The quantitative estimate of drug-likeness (QED) is 0.217. The van der Waals surface area contributed by atoms with Gasteiger partial charge in [0.2, 0.25) is 13.6 Å². The fourth-order valence-electron chi connectivity index (χ4n) is 5.70. The lowest BCUT2D eigenvalue weighted by Crippen LogP contribution is -2.29. The van der Waals surface area contributed by atoms with Gasteiger partial charge in [0.05, 0.1) is 25.4 Å². The van der Waals surface area contributed by atoms with Gasteiger partial charge in [0, 0.05) is 20.1 Å². The van der Waals surface area contributed by atoms with Crippen LogP contribution < -0.4 is 18.9 Å². The summed E-state index contributed by atoms with van der Waals surface area (Å²) in [6.45, 7) is 16.6. The van der Waals surface area contributed by atoms with Crippen molar-refractivity contribution in [1.82, 2.24) is 0 Å². The van der Waals surface area contributed by atoms with Crippen molar-refractivity contribution < 1.29 is 52.2 Å². The number of benzene rings is 2. The molecule has 0 N–H and O–H groups in total. The Bertz CT molecular complexity index is 1360. The van der Waals surface area contributed by atoms with Gasteiger partial charge in [-0.3, -0.25) is 0 Å². The Morgan fingerprint density at radius 2 is 1.08 bits per heavy atom. The molecule has 0 saturated heterocycles. The van der Waals surface area contributed by atoms with Gasteiger partial charge in [0.1, 0.15) is 11.2 Å².